The summed E-state index contributed by atoms with van der Waals surface area (Å²) in [6.45, 7) is 1.21. The highest BCUT2D eigenvalue weighted by Gasteiger charge is 2.37. The minimum Gasteiger partial charge on any atom is -0.348 e. The zero-order chi connectivity index (χ0) is 31.1. The maximum Gasteiger partial charge on any atom is 0.455 e. The summed E-state index contributed by atoms with van der Waals surface area (Å²) in [5.74, 6) is -3.11. The number of nitrogens with one attached hydrogen (secondary N) is 2. The second-order valence-electron chi connectivity index (χ2n) is 9.56. The number of aromatic nitrogens is 7. The lowest BCUT2D eigenvalue weighted by molar-refractivity contribution is -0.145. The Bertz CT molecular complexity index is 1840. The molecule has 0 saturated carbocycles. The number of hydrogen-bond donors (Lipinski definition) is 2. The van der Waals surface area contributed by atoms with Crippen LogP contribution in [0.2, 0.25) is 10.0 Å². The molecule has 4 aromatic rings. The standard InChI is InChI=1S/C24H20Cl2F3N9O4S/c1-12-7-13(25)8-16(21(39)31-14-4-6-43(41,42)11-14)19(12)32-22(40)18-9-15(10-37-35-23(33-36-37)24(27,28)29)34-38(18)20-17(26)3-2-5-30-20/h2-3,5,7-9,14H,4,6,10-11H2,1H3,(H,31,39)(H,32,40). The van der Waals surface area contributed by atoms with Crippen molar-refractivity contribution >= 4 is 50.5 Å². The number of hydrogen-bond acceptors (Lipinski definition) is 9. The van der Waals surface area contributed by atoms with Crippen molar-refractivity contribution in [1.82, 2.24) is 40.3 Å². The van der Waals surface area contributed by atoms with Gasteiger partial charge in [-0.3, -0.25) is 9.59 Å². The molecule has 1 aliphatic heterocycles. The lowest BCUT2D eigenvalue weighted by Gasteiger charge is -2.17. The van der Waals surface area contributed by atoms with E-state index in [1.807, 2.05) is 0 Å². The first-order valence-corrected chi connectivity index (χ1v) is 15.0. The van der Waals surface area contributed by atoms with Gasteiger partial charge in [-0.1, -0.05) is 23.2 Å². The quantitative estimate of drug-likeness (QED) is 0.303. The number of pyridine rings is 1. The maximum absolute atomic E-state index is 13.7. The molecule has 1 saturated heterocycles. The van der Waals surface area contributed by atoms with E-state index in [1.165, 1.54) is 30.5 Å². The number of alkyl halides is 3. The lowest BCUT2D eigenvalue weighted by atomic mass is 10.1. The molecule has 0 spiro atoms. The van der Waals surface area contributed by atoms with Crippen molar-refractivity contribution in [2.75, 3.05) is 16.8 Å². The third-order valence-corrected chi connectivity index (χ3v) is 8.57. The fourth-order valence-corrected chi connectivity index (χ4v) is 6.52. The summed E-state index contributed by atoms with van der Waals surface area (Å²) < 4.78 is 63.6. The Hall–Kier alpha value is -4.09. The lowest BCUT2D eigenvalue weighted by Crippen LogP contribution is -2.36. The first-order chi connectivity index (χ1) is 20.2. The van der Waals surface area contributed by atoms with Gasteiger partial charge in [0.15, 0.2) is 15.7 Å². The Morgan fingerprint density at radius 2 is 1.91 bits per heavy atom. The van der Waals surface area contributed by atoms with Gasteiger partial charge in [0, 0.05) is 17.3 Å². The van der Waals surface area contributed by atoms with Crippen LogP contribution in [0.15, 0.2) is 36.5 Å². The van der Waals surface area contributed by atoms with E-state index in [2.05, 4.69) is 36.1 Å². The number of tetrazole rings is 1. The topological polar surface area (TPSA) is 167 Å². The van der Waals surface area contributed by atoms with Crippen molar-refractivity contribution in [2.45, 2.75) is 32.1 Å². The van der Waals surface area contributed by atoms with Crippen LogP contribution in [0.1, 0.15) is 44.3 Å². The van der Waals surface area contributed by atoms with Crippen LogP contribution < -0.4 is 10.6 Å². The van der Waals surface area contributed by atoms with E-state index < -0.39 is 46.2 Å². The molecule has 13 nitrogen and oxygen atoms in total. The van der Waals surface area contributed by atoms with E-state index in [9.17, 15) is 31.2 Å². The zero-order valence-electron chi connectivity index (χ0n) is 21.9. The van der Waals surface area contributed by atoms with Crippen LogP contribution in [0.25, 0.3) is 5.82 Å². The molecule has 43 heavy (non-hydrogen) atoms. The smallest absolute Gasteiger partial charge is 0.348 e. The Morgan fingerprint density at radius 1 is 1.14 bits per heavy atom. The maximum atomic E-state index is 13.7. The number of anilines is 1. The molecule has 0 radical (unpaired) electrons. The van der Waals surface area contributed by atoms with Crippen LogP contribution in [-0.4, -0.2) is 72.8 Å². The summed E-state index contributed by atoms with van der Waals surface area (Å²) in [5, 5.41) is 19.6. The molecule has 3 aromatic heterocycles. The van der Waals surface area contributed by atoms with Crippen LogP contribution in [0.5, 0.6) is 0 Å². The summed E-state index contributed by atoms with van der Waals surface area (Å²) in [6, 6.07) is 6.54. The average Bonchev–Trinajstić information content (AvgIpc) is 3.64. The Morgan fingerprint density at radius 3 is 2.56 bits per heavy atom. The first kappa shape index (κ1) is 30.4. The van der Waals surface area contributed by atoms with Gasteiger partial charge < -0.3 is 10.6 Å². The fraction of sp³-hybridized carbons (Fsp3) is 0.292. The van der Waals surface area contributed by atoms with E-state index in [1.54, 1.807) is 13.0 Å². The number of rotatable bonds is 7. The van der Waals surface area contributed by atoms with Gasteiger partial charge >= 0.3 is 6.18 Å². The number of carbonyl (C=O) groups excluding carboxylic acids is 2. The molecular formula is C24H20Cl2F3N9O4S. The number of benzene rings is 1. The minimum absolute atomic E-state index is 0.0173. The minimum atomic E-state index is -4.81. The van der Waals surface area contributed by atoms with Gasteiger partial charge in [-0.05, 0) is 54.5 Å². The molecule has 4 heterocycles. The van der Waals surface area contributed by atoms with Crippen LogP contribution in [-0.2, 0) is 22.6 Å². The Kier molecular flexibility index (Phi) is 8.15. The Balaban J connectivity index is 1.48. The summed E-state index contributed by atoms with van der Waals surface area (Å²) in [6.07, 6.45) is -3.17. The third-order valence-electron chi connectivity index (χ3n) is 6.29. The predicted octanol–water partition coefficient (Wildman–Crippen LogP) is 3.11. The number of aryl methyl sites for hydroxylation is 1. The number of nitrogens with zero attached hydrogens (tertiary/aromatic N) is 7. The molecule has 2 amide bonds. The molecule has 1 atom stereocenters. The van der Waals surface area contributed by atoms with Gasteiger partial charge in [0.25, 0.3) is 17.6 Å². The average molecular weight is 658 g/mol. The van der Waals surface area contributed by atoms with E-state index in [4.69, 9.17) is 23.2 Å². The van der Waals surface area contributed by atoms with E-state index in [0.717, 1.165) is 4.68 Å². The molecule has 5 rings (SSSR count). The van der Waals surface area contributed by atoms with Crippen molar-refractivity contribution in [3.05, 3.63) is 74.9 Å². The van der Waals surface area contributed by atoms with Crippen molar-refractivity contribution in [3.8, 4) is 5.82 Å². The molecule has 1 fully saturated rings. The normalized spacial score (nSPS) is 16.3. The van der Waals surface area contributed by atoms with Crippen LogP contribution in [0.3, 0.4) is 0 Å². The van der Waals surface area contributed by atoms with Gasteiger partial charge in [0.2, 0.25) is 0 Å². The first-order valence-electron chi connectivity index (χ1n) is 12.4. The van der Waals surface area contributed by atoms with Gasteiger partial charge in [-0.25, -0.2) is 18.1 Å². The van der Waals surface area contributed by atoms with E-state index >= 15 is 0 Å². The van der Waals surface area contributed by atoms with Crippen LogP contribution >= 0.6 is 23.2 Å². The second kappa shape index (κ2) is 11.5. The fourth-order valence-electron chi connectivity index (χ4n) is 4.37. The highest BCUT2D eigenvalue weighted by atomic mass is 35.5. The number of carbonyl (C=O) groups is 2. The van der Waals surface area contributed by atoms with Crippen molar-refractivity contribution in [2.24, 2.45) is 0 Å². The van der Waals surface area contributed by atoms with Crippen LogP contribution in [0, 0.1) is 6.92 Å². The molecule has 1 aliphatic rings. The number of halogens is 5. The highest BCUT2D eigenvalue weighted by Crippen LogP contribution is 2.28. The summed E-state index contributed by atoms with van der Waals surface area (Å²) in [7, 11) is -3.27. The van der Waals surface area contributed by atoms with E-state index in [-0.39, 0.29) is 56.4 Å². The zero-order valence-corrected chi connectivity index (χ0v) is 24.3. The summed E-state index contributed by atoms with van der Waals surface area (Å²) in [5.41, 5.74) is 0.400. The molecule has 1 aromatic carbocycles. The number of amides is 2. The SMILES string of the molecule is Cc1cc(Cl)cc(C(=O)NC2CCS(=O)(=O)C2)c1NC(=O)c1cc(Cn2nnc(C(F)(F)F)n2)nn1-c1ncccc1Cl. The van der Waals surface area contributed by atoms with E-state index in [0.29, 0.717) is 10.4 Å². The molecule has 0 bridgehead atoms. The molecule has 0 aliphatic carbocycles. The molecule has 1 unspecified atom stereocenters. The monoisotopic (exact) mass is 657 g/mol. The Labute approximate surface area is 251 Å². The summed E-state index contributed by atoms with van der Waals surface area (Å²) in [4.78, 5) is 31.7. The van der Waals surface area contributed by atoms with Gasteiger partial charge in [-0.15, -0.1) is 10.2 Å². The molecule has 19 heteroatoms. The third kappa shape index (κ3) is 6.78. The largest absolute Gasteiger partial charge is 0.455 e. The van der Waals surface area contributed by atoms with Crippen molar-refractivity contribution in [1.29, 1.82) is 0 Å². The number of sulfone groups is 1. The van der Waals surface area contributed by atoms with Gasteiger partial charge in [-0.2, -0.15) is 23.1 Å². The molecule has 2 N–H and O–H groups in total. The summed E-state index contributed by atoms with van der Waals surface area (Å²) >= 11 is 12.5. The van der Waals surface area contributed by atoms with Crippen LogP contribution in [0.4, 0.5) is 18.9 Å². The van der Waals surface area contributed by atoms with Crippen molar-refractivity contribution < 1.29 is 31.2 Å². The van der Waals surface area contributed by atoms with Gasteiger partial charge in [0.05, 0.1) is 33.5 Å². The molecular weight excluding hydrogens is 638 g/mol. The predicted molar refractivity (Wildman–Crippen MR) is 147 cm³/mol. The highest BCUT2D eigenvalue weighted by molar-refractivity contribution is 7.91. The molecule has 226 valence electrons. The van der Waals surface area contributed by atoms with Crippen molar-refractivity contribution in [3.63, 3.8) is 0 Å². The second-order valence-corrected chi connectivity index (χ2v) is 12.6. The van der Waals surface area contributed by atoms with Gasteiger partial charge in [0.1, 0.15) is 12.2 Å².